The molecule has 0 spiro atoms. The molecule has 1 unspecified atom stereocenters. The number of carbonyl (C=O) groups is 1. The van der Waals surface area contributed by atoms with Crippen LogP contribution in [0.25, 0.3) is 0 Å². The van der Waals surface area contributed by atoms with Gasteiger partial charge in [-0.1, -0.05) is 17.7 Å². The van der Waals surface area contributed by atoms with Crippen molar-refractivity contribution in [1.29, 1.82) is 0 Å². The molecule has 7 nitrogen and oxygen atoms in total. The van der Waals surface area contributed by atoms with E-state index in [4.69, 9.17) is 11.6 Å². The average Bonchev–Trinajstić information content (AvgIpc) is 2.74. The number of nitrogens with zero attached hydrogens (tertiary/aromatic N) is 5. The highest BCUT2D eigenvalue weighted by molar-refractivity contribution is 6.30. The van der Waals surface area contributed by atoms with E-state index in [9.17, 15) is 9.18 Å². The van der Waals surface area contributed by atoms with Crippen molar-refractivity contribution in [3.63, 3.8) is 0 Å². The van der Waals surface area contributed by atoms with Crippen LogP contribution in [-0.4, -0.2) is 78.9 Å². The number of fused-ring (bicyclic) bond motifs is 1. The lowest BCUT2D eigenvalue weighted by Gasteiger charge is -2.41. The monoisotopic (exact) mass is 432 g/mol. The number of aromatic nitrogens is 2. The minimum absolute atomic E-state index is 0.0662. The second-order valence-electron chi connectivity index (χ2n) is 8.07. The quantitative estimate of drug-likeness (QED) is 0.777. The third-order valence-corrected chi connectivity index (χ3v) is 5.98. The van der Waals surface area contributed by atoms with Crippen LogP contribution in [0.5, 0.6) is 0 Å². The van der Waals surface area contributed by atoms with E-state index in [0.717, 1.165) is 55.5 Å². The van der Waals surface area contributed by atoms with Gasteiger partial charge >= 0.3 is 0 Å². The summed E-state index contributed by atoms with van der Waals surface area (Å²) in [6.07, 6.45) is 1.92. The molecule has 1 aromatic carbocycles. The van der Waals surface area contributed by atoms with Crippen LogP contribution < -0.4 is 10.2 Å². The summed E-state index contributed by atoms with van der Waals surface area (Å²) in [6.45, 7) is 4.27. The van der Waals surface area contributed by atoms with Crippen molar-refractivity contribution in [2.45, 2.75) is 12.5 Å². The fourth-order valence-electron chi connectivity index (χ4n) is 4.18. The number of piperazine rings is 1. The molecular formula is C21H26ClFN6O. The summed E-state index contributed by atoms with van der Waals surface area (Å²) in [5.41, 5.74) is 1.81. The Morgan fingerprint density at radius 3 is 2.70 bits per heavy atom. The lowest BCUT2D eigenvalue weighted by molar-refractivity contribution is -0.117. The third-order valence-electron chi connectivity index (χ3n) is 5.67. The topological polar surface area (TPSA) is 64.6 Å². The maximum Gasteiger partial charge on any atom is 0.156 e. The predicted octanol–water partition coefficient (Wildman–Crippen LogP) is 2.23. The van der Waals surface area contributed by atoms with Crippen LogP contribution in [0.3, 0.4) is 0 Å². The maximum absolute atomic E-state index is 14.1. The highest BCUT2D eigenvalue weighted by Crippen LogP contribution is 2.30. The van der Waals surface area contributed by atoms with Crippen LogP contribution in [0.15, 0.2) is 24.5 Å². The number of ketones is 1. The van der Waals surface area contributed by atoms with Crippen molar-refractivity contribution in [3.05, 3.63) is 46.5 Å². The van der Waals surface area contributed by atoms with Crippen molar-refractivity contribution >= 4 is 29.0 Å². The first-order valence-corrected chi connectivity index (χ1v) is 10.5. The molecule has 0 amide bonds. The molecule has 0 aliphatic carbocycles. The Bertz CT molecular complexity index is 932. The minimum atomic E-state index is -0.388. The van der Waals surface area contributed by atoms with E-state index in [2.05, 4.69) is 30.0 Å². The van der Waals surface area contributed by atoms with Gasteiger partial charge in [0.15, 0.2) is 5.78 Å². The van der Waals surface area contributed by atoms with Gasteiger partial charge in [-0.2, -0.15) is 0 Å². The number of hydrogen-bond acceptors (Lipinski definition) is 7. The number of carbonyl (C=O) groups excluding carboxylic acids is 1. The van der Waals surface area contributed by atoms with E-state index in [1.165, 1.54) is 0 Å². The van der Waals surface area contributed by atoms with Gasteiger partial charge in [0, 0.05) is 50.7 Å². The van der Waals surface area contributed by atoms with Crippen LogP contribution in [0.4, 0.5) is 16.0 Å². The Balaban J connectivity index is 1.51. The molecule has 3 heterocycles. The fourth-order valence-corrected chi connectivity index (χ4v) is 4.29. The highest BCUT2D eigenvalue weighted by Gasteiger charge is 2.29. The lowest BCUT2D eigenvalue weighted by atomic mass is 10.0. The van der Waals surface area contributed by atoms with E-state index < -0.39 is 0 Å². The van der Waals surface area contributed by atoms with Crippen LogP contribution in [0, 0.1) is 5.82 Å². The molecular weight excluding hydrogens is 407 g/mol. The molecule has 1 atom stereocenters. The van der Waals surface area contributed by atoms with Crippen LogP contribution in [0.2, 0.25) is 5.02 Å². The average molecular weight is 433 g/mol. The number of nitrogens with one attached hydrogen (secondary N) is 1. The highest BCUT2D eigenvalue weighted by atomic mass is 35.5. The zero-order valence-electron chi connectivity index (χ0n) is 17.2. The molecule has 0 saturated carbocycles. The van der Waals surface area contributed by atoms with Gasteiger partial charge in [-0.25, -0.2) is 14.4 Å². The van der Waals surface area contributed by atoms with Gasteiger partial charge in [0.25, 0.3) is 0 Å². The second kappa shape index (κ2) is 8.83. The molecule has 1 saturated heterocycles. The number of likely N-dealkylation sites (N-methyl/N-ethyl adjacent to an activating group) is 1. The molecule has 0 radical (unpaired) electrons. The van der Waals surface area contributed by atoms with Crippen LogP contribution >= 0.6 is 11.6 Å². The third kappa shape index (κ3) is 4.40. The summed E-state index contributed by atoms with van der Waals surface area (Å²) in [5.74, 6) is 1.35. The standard InChI is InChI=1S/C21H26ClFN6O/c1-27(2)12-19(14-3-4-17(22)18(23)9-14)28-5-7-29(8-6-28)21-16-10-15(30)11-24-20(16)25-13-26-21/h3-4,9,13,19H,5-8,10-12H2,1-2H3,(H,24,25,26). The van der Waals surface area contributed by atoms with Crippen molar-refractivity contribution in [2.75, 3.05) is 63.6 Å². The number of anilines is 2. The number of rotatable bonds is 5. The van der Waals surface area contributed by atoms with E-state index in [1.807, 2.05) is 20.2 Å². The summed E-state index contributed by atoms with van der Waals surface area (Å²) in [4.78, 5) is 27.4. The summed E-state index contributed by atoms with van der Waals surface area (Å²) in [6, 6.07) is 5.14. The first-order valence-electron chi connectivity index (χ1n) is 10.1. The second-order valence-corrected chi connectivity index (χ2v) is 8.48. The molecule has 2 aliphatic heterocycles. The summed E-state index contributed by atoms with van der Waals surface area (Å²) >= 11 is 5.89. The Labute approximate surface area is 180 Å². The van der Waals surface area contributed by atoms with Gasteiger partial charge in [-0.15, -0.1) is 0 Å². The Hall–Kier alpha value is -2.29. The molecule has 4 rings (SSSR count). The zero-order valence-corrected chi connectivity index (χ0v) is 18.0. The van der Waals surface area contributed by atoms with Gasteiger partial charge in [-0.3, -0.25) is 9.69 Å². The van der Waals surface area contributed by atoms with Crippen molar-refractivity contribution < 1.29 is 9.18 Å². The molecule has 2 aliphatic rings. The summed E-state index contributed by atoms with van der Waals surface area (Å²) in [7, 11) is 4.04. The van der Waals surface area contributed by atoms with Gasteiger partial charge in [0.1, 0.15) is 23.8 Å². The van der Waals surface area contributed by atoms with Crippen LogP contribution in [-0.2, 0) is 11.2 Å². The Kier molecular flexibility index (Phi) is 6.17. The summed E-state index contributed by atoms with van der Waals surface area (Å²) in [5, 5.41) is 3.22. The molecule has 2 aromatic rings. The number of hydrogen-bond donors (Lipinski definition) is 1. The van der Waals surface area contributed by atoms with Crippen molar-refractivity contribution in [3.8, 4) is 0 Å². The van der Waals surface area contributed by atoms with Crippen molar-refractivity contribution in [2.24, 2.45) is 0 Å². The molecule has 1 fully saturated rings. The van der Waals surface area contributed by atoms with Gasteiger partial charge in [0.05, 0.1) is 11.6 Å². The Morgan fingerprint density at radius 2 is 2.00 bits per heavy atom. The first-order chi connectivity index (χ1) is 14.4. The number of halogens is 2. The minimum Gasteiger partial charge on any atom is -0.363 e. The largest absolute Gasteiger partial charge is 0.363 e. The zero-order chi connectivity index (χ0) is 21.3. The fraction of sp³-hybridized carbons (Fsp3) is 0.476. The summed E-state index contributed by atoms with van der Waals surface area (Å²) < 4.78 is 14.1. The Morgan fingerprint density at radius 1 is 1.23 bits per heavy atom. The van der Waals surface area contributed by atoms with E-state index in [-0.39, 0.29) is 22.7 Å². The van der Waals surface area contributed by atoms with Gasteiger partial charge in [-0.05, 0) is 31.8 Å². The number of Topliss-reactive ketones (excluding diaryl/α,β-unsaturated/α-hetero) is 1. The smallest absolute Gasteiger partial charge is 0.156 e. The molecule has 9 heteroatoms. The van der Waals surface area contributed by atoms with Gasteiger partial charge in [0.2, 0.25) is 0 Å². The SMILES string of the molecule is CN(C)CC(c1ccc(Cl)c(F)c1)N1CCN(c2ncnc3c2CC(=O)CN3)CC1. The van der Waals surface area contributed by atoms with E-state index >= 15 is 0 Å². The lowest BCUT2D eigenvalue weighted by Crippen LogP contribution is -2.50. The molecule has 30 heavy (non-hydrogen) atoms. The number of benzene rings is 1. The van der Waals surface area contributed by atoms with E-state index in [1.54, 1.807) is 18.5 Å². The maximum atomic E-state index is 14.1. The molecule has 160 valence electrons. The predicted molar refractivity (Wildman–Crippen MR) is 116 cm³/mol. The molecule has 1 aromatic heterocycles. The van der Waals surface area contributed by atoms with Gasteiger partial charge < -0.3 is 15.1 Å². The first kappa shape index (κ1) is 21.0. The van der Waals surface area contributed by atoms with E-state index in [0.29, 0.717) is 13.0 Å². The molecule has 0 bridgehead atoms. The normalized spacial score (nSPS) is 18.3. The molecule has 1 N–H and O–H groups in total. The van der Waals surface area contributed by atoms with Crippen LogP contribution in [0.1, 0.15) is 17.2 Å². The van der Waals surface area contributed by atoms with Crippen molar-refractivity contribution in [1.82, 2.24) is 19.8 Å².